The van der Waals surface area contributed by atoms with E-state index in [2.05, 4.69) is 37.2 Å². The maximum absolute atomic E-state index is 15.4. The number of fused-ring (bicyclic) bond motifs is 5. The number of aromatic nitrogens is 2. The minimum Gasteiger partial charge on any atom is -0.458 e. The van der Waals surface area contributed by atoms with E-state index in [1.165, 1.54) is 17.6 Å². The molecule has 0 spiro atoms. The van der Waals surface area contributed by atoms with Gasteiger partial charge in [0.1, 0.15) is 62.2 Å². The Morgan fingerprint density at radius 2 is 1.56 bits per heavy atom. The number of halogens is 1. The number of nitrogens with zero attached hydrogens (tertiary/aromatic N) is 3. The Bertz CT molecular complexity index is 3450. The van der Waals surface area contributed by atoms with E-state index in [-0.39, 0.29) is 75.0 Å². The maximum Gasteiger partial charge on any atom is 0.343 e. The molecule has 10 amide bonds. The van der Waals surface area contributed by atoms with Crippen LogP contribution in [-0.4, -0.2) is 170 Å². The van der Waals surface area contributed by atoms with Crippen molar-refractivity contribution in [2.24, 2.45) is 11.7 Å². The van der Waals surface area contributed by atoms with Crippen LogP contribution in [0.1, 0.15) is 125 Å². The summed E-state index contributed by atoms with van der Waals surface area (Å²) in [4.78, 5) is 161. The number of carbonyl (C=O) groups is 11. The average molecular weight is 1240 g/mol. The summed E-state index contributed by atoms with van der Waals surface area (Å²) in [6.07, 6.45) is -2.16. The molecule has 3 aromatic rings. The lowest BCUT2D eigenvalue weighted by atomic mass is 9.81. The van der Waals surface area contributed by atoms with Gasteiger partial charge in [-0.1, -0.05) is 27.2 Å². The fourth-order valence-electron chi connectivity index (χ4n) is 11.6. The fraction of sp³-hybridized carbons (Fsp3) is 0.542. The molecule has 29 nitrogen and oxygen atoms in total. The second-order valence-corrected chi connectivity index (χ2v) is 23.0. The zero-order valence-electron chi connectivity index (χ0n) is 49.8. The molecule has 1 aromatic carbocycles. The third kappa shape index (κ3) is 14.8. The summed E-state index contributed by atoms with van der Waals surface area (Å²) >= 11 is 0. The lowest BCUT2D eigenvalue weighted by Crippen LogP contribution is -2.58. The monoisotopic (exact) mass is 1240 g/mol. The molecule has 1 unspecified atom stereocenters. The number of aryl methyl sites for hydroxylation is 1. The second-order valence-electron chi connectivity index (χ2n) is 23.0. The van der Waals surface area contributed by atoms with Gasteiger partial charge in [0.25, 0.3) is 17.4 Å². The molecule has 9 atom stereocenters. The second kappa shape index (κ2) is 28.3. The van der Waals surface area contributed by atoms with E-state index >= 15 is 4.39 Å². The van der Waals surface area contributed by atoms with E-state index in [4.69, 9.17) is 24.9 Å². The lowest BCUT2D eigenvalue weighted by Gasteiger charge is -2.31. The topological polar surface area (TPSA) is 425 Å². The third-order valence-electron chi connectivity index (χ3n) is 16.6. The van der Waals surface area contributed by atoms with E-state index in [0.717, 1.165) is 17.1 Å². The number of hydrogen-bond acceptors (Lipinski definition) is 19. The molecule has 480 valence electrons. The molecule has 1 saturated heterocycles. The highest BCUT2D eigenvalue weighted by molar-refractivity contribution is 6.12. The van der Waals surface area contributed by atoms with Crippen LogP contribution >= 0.6 is 0 Å². The smallest absolute Gasteiger partial charge is 0.343 e. The minimum atomic E-state index is -2.08. The van der Waals surface area contributed by atoms with E-state index in [0.29, 0.717) is 71.1 Å². The summed E-state index contributed by atoms with van der Waals surface area (Å²) < 4.78 is 33.1. The number of aliphatic hydroxyl groups is 3. The number of pyridine rings is 2. The van der Waals surface area contributed by atoms with Crippen LogP contribution in [0.15, 0.2) is 29.1 Å². The summed E-state index contributed by atoms with van der Waals surface area (Å²) in [6, 6.07) is -1.78. The van der Waals surface area contributed by atoms with Gasteiger partial charge in [0.2, 0.25) is 47.3 Å². The Morgan fingerprint density at radius 1 is 0.843 bits per heavy atom. The van der Waals surface area contributed by atoms with Crippen molar-refractivity contribution in [3.05, 3.63) is 73.8 Å². The van der Waals surface area contributed by atoms with Gasteiger partial charge in [0.15, 0.2) is 5.60 Å². The number of esters is 1. The molecule has 6 heterocycles. The number of unbranched alkanes of at least 4 members (excludes halogenated alkanes) is 2. The van der Waals surface area contributed by atoms with Crippen molar-refractivity contribution in [2.75, 3.05) is 33.0 Å². The van der Waals surface area contributed by atoms with Crippen molar-refractivity contribution in [3.63, 3.8) is 0 Å². The number of primary amides is 1. The van der Waals surface area contributed by atoms with Crippen LogP contribution in [0.2, 0.25) is 0 Å². The number of nitrogens with two attached hydrogens (primary N) is 1. The van der Waals surface area contributed by atoms with Crippen molar-refractivity contribution in [2.45, 2.75) is 166 Å². The largest absolute Gasteiger partial charge is 0.458 e. The van der Waals surface area contributed by atoms with E-state index in [1.807, 2.05) is 0 Å². The van der Waals surface area contributed by atoms with Crippen molar-refractivity contribution in [3.8, 4) is 11.4 Å². The first kappa shape index (κ1) is 66.4. The Balaban J connectivity index is 0.812. The van der Waals surface area contributed by atoms with Gasteiger partial charge in [-0.15, -0.1) is 0 Å². The molecule has 30 heteroatoms. The molecule has 1 aliphatic carbocycles. The SMILES string of the molecule is CC[C@@]1(O)C(=O)OCc2c1cc1n(c2=O)Cc2c-1nc1cc(F)c(C)c3c1c2[C@@H](NC(=O)COCNC(=O)CNC(=O)[C@H](C)NC(=O)[C@@H](NC(=O)C(CCC(=O)NC[C@H]1O[C@@H](CC(N)=O)[C@H](O)[C@@H]1O)NC(=O)CCCCCN1C(=O)C=CC1=O)C(C)C)CC3. The van der Waals surface area contributed by atoms with Crippen LogP contribution in [0, 0.1) is 18.7 Å². The minimum absolute atomic E-state index is 0.0243. The number of rotatable bonds is 28. The van der Waals surface area contributed by atoms with Gasteiger partial charge in [-0.3, -0.25) is 57.6 Å². The number of amides is 10. The predicted molar refractivity (Wildman–Crippen MR) is 308 cm³/mol. The van der Waals surface area contributed by atoms with Crippen molar-refractivity contribution < 1.29 is 86.7 Å². The van der Waals surface area contributed by atoms with Gasteiger partial charge in [-0.2, -0.15) is 0 Å². The molecule has 8 rings (SSSR count). The van der Waals surface area contributed by atoms with Gasteiger partial charge in [0, 0.05) is 60.7 Å². The number of benzene rings is 1. The summed E-state index contributed by atoms with van der Waals surface area (Å²) in [5, 5.41) is 50.7. The fourth-order valence-corrected chi connectivity index (χ4v) is 11.6. The quantitative estimate of drug-likeness (QED) is 0.0123. The van der Waals surface area contributed by atoms with Crippen LogP contribution < -0.4 is 48.5 Å². The Labute approximate surface area is 508 Å². The maximum atomic E-state index is 15.4. The molecular formula is C59H74FN11O18. The Hall–Kier alpha value is -8.58. The van der Waals surface area contributed by atoms with Crippen LogP contribution in [-0.2, 0) is 92.1 Å². The molecule has 89 heavy (non-hydrogen) atoms. The summed E-state index contributed by atoms with van der Waals surface area (Å²) in [5.74, 6) is -8.68. The van der Waals surface area contributed by atoms with Crippen LogP contribution in [0.5, 0.6) is 0 Å². The highest BCUT2D eigenvalue weighted by Crippen LogP contribution is 2.46. The number of nitrogens with one attached hydrogen (secondary N) is 7. The molecule has 1 fully saturated rings. The number of ether oxygens (including phenoxy) is 3. The van der Waals surface area contributed by atoms with E-state index in [1.54, 1.807) is 33.8 Å². The van der Waals surface area contributed by atoms with Crippen molar-refractivity contribution >= 4 is 75.9 Å². The molecule has 2 aromatic heterocycles. The molecule has 12 N–H and O–H groups in total. The summed E-state index contributed by atoms with van der Waals surface area (Å²) in [6.45, 7) is 5.71. The first-order chi connectivity index (χ1) is 42.2. The standard InChI is InChI=1S/C59H74FN11O18/c1-6-59(86)33-18-38-51-31(23-71(38)57(84)32(33)24-88-58(59)85)49-35(12-11-30-28(4)34(60)19-37(68-51)48(30)49)66-45(76)25-87-26-64-44(75)22-63-54(81)29(5)65-56(83)50(27(2)3)69-55(82)36(67-43(74)10-8-7-9-17-70-46(77)15-16-47(70)78)13-14-42(73)62-21-40-53(80)52(79)39(89-40)20-41(61)72/h15-16,18-19,27,29,35-36,39-40,50,52-53,79-80,86H,6-14,17,20-26H2,1-5H3,(H2,61,72)(H,62,73)(H,63,81)(H,64,75)(H,65,83)(H,66,76)(H,67,74)(H,69,82)/t29-,35-,36?,39-,40+,50-,52-,53+,59-/m0/s1. The number of aliphatic hydroxyl groups excluding tert-OH is 2. The summed E-state index contributed by atoms with van der Waals surface area (Å²) in [5.41, 5.74) is 6.09. The molecule has 0 radical (unpaired) electrons. The Morgan fingerprint density at radius 3 is 2.26 bits per heavy atom. The van der Waals surface area contributed by atoms with Gasteiger partial charge in [-0.05, 0) is 81.0 Å². The normalized spacial score (nSPS) is 21.5. The first-order valence-corrected chi connectivity index (χ1v) is 29.5. The zero-order chi connectivity index (χ0) is 64.8. The van der Waals surface area contributed by atoms with Crippen LogP contribution in [0.25, 0.3) is 22.3 Å². The van der Waals surface area contributed by atoms with Gasteiger partial charge in [0.05, 0.1) is 54.1 Å². The number of carbonyl (C=O) groups excluding carboxylic acids is 11. The number of hydrogen-bond donors (Lipinski definition) is 11. The first-order valence-electron chi connectivity index (χ1n) is 29.5. The lowest BCUT2D eigenvalue weighted by molar-refractivity contribution is -0.172. The van der Waals surface area contributed by atoms with Gasteiger partial charge in [-0.25, -0.2) is 14.2 Å². The molecule has 4 aliphatic heterocycles. The molecule has 5 aliphatic rings. The van der Waals surface area contributed by atoms with Crippen LogP contribution in [0.3, 0.4) is 0 Å². The van der Waals surface area contributed by atoms with E-state index < -0.39 is 156 Å². The number of cyclic esters (lactones) is 1. The van der Waals surface area contributed by atoms with Gasteiger partial charge >= 0.3 is 5.97 Å². The zero-order valence-corrected chi connectivity index (χ0v) is 49.8. The Kier molecular flexibility index (Phi) is 21.1. The van der Waals surface area contributed by atoms with Gasteiger partial charge < -0.3 is 77.0 Å². The third-order valence-corrected chi connectivity index (χ3v) is 16.6. The van der Waals surface area contributed by atoms with Crippen LogP contribution in [0.4, 0.5) is 4.39 Å². The van der Waals surface area contributed by atoms with Crippen molar-refractivity contribution in [1.29, 1.82) is 0 Å². The van der Waals surface area contributed by atoms with Crippen molar-refractivity contribution in [1.82, 2.24) is 51.7 Å². The number of imide groups is 1. The average Bonchev–Trinajstić information content (AvgIpc) is 1.65. The molecule has 0 bridgehead atoms. The summed E-state index contributed by atoms with van der Waals surface area (Å²) in [7, 11) is 0. The molecular weight excluding hydrogens is 1170 g/mol. The van der Waals surface area contributed by atoms with E-state index in [9.17, 15) is 72.9 Å². The molecule has 0 saturated carbocycles. The highest BCUT2D eigenvalue weighted by atomic mass is 19.1. The highest BCUT2D eigenvalue weighted by Gasteiger charge is 2.47. The predicted octanol–water partition coefficient (Wildman–Crippen LogP) is -2.29.